The number of aromatic hydroxyl groups is 1. The van der Waals surface area contributed by atoms with Gasteiger partial charge in [0.25, 0.3) is 0 Å². The third-order valence-corrected chi connectivity index (χ3v) is 14.4. The molecule has 0 bridgehead atoms. The van der Waals surface area contributed by atoms with Crippen LogP contribution in [0.3, 0.4) is 0 Å². The predicted octanol–water partition coefficient (Wildman–Crippen LogP) is -3.99. The van der Waals surface area contributed by atoms with Crippen molar-refractivity contribution in [1.29, 1.82) is 0 Å². The molecule has 84 heavy (non-hydrogen) atoms. The van der Waals surface area contributed by atoms with Crippen LogP contribution in [0.15, 0.2) is 59.6 Å². The number of hydrogen-bond acceptors (Lipinski definition) is 17. The van der Waals surface area contributed by atoms with Crippen LogP contribution >= 0.6 is 23.5 Å². The first-order valence-electron chi connectivity index (χ1n) is 26.8. The van der Waals surface area contributed by atoms with Gasteiger partial charge < -0.3 is 81.2 Å². The van der Waals surface area contributed by atoms with Crippen LogP contribution in [0.1, 0.15) is 82.8 Å². The Bertz CT molecular complexity index is 2670. The van der Waals surface area contributed by atoms with Crippen LogP contribution in [0.25, 0.3) is 0 Å². The summed E-state index contributed by atoms with van der Waals surface area (Å²) >= 11 is 2.27. The molecule has 0 aromatic heterocycles. The average Bonchev–Trinajstić information content (AvgIpc) is 4.14. The molecule has 0 saturated carbocycles. The van der Waals surface area contributed by atoms with Crippen molar-refractivity contribution in [2.24, 2.45) is 39.6 Å². The second-order valence-electron chi connectivity index (χ2n) is 19.6. The van der Waals surface area contributed by atoms with Gasteiger partial charge in [-0.25, -0.2) is 0 Å². The van der Waals surface area contributed by atoms with E-state index < -0.39 is 145 Å². The first-order valence-corrected chi connectivity index (χ1v) is 29.1. The number of likely N-dealkylation sites (tertiary alicyclic amines) is 1. The molecule has 1 heterocycles. The standard InChI is InChI=1S/C53H77N15O14S2/c1-30(69)61-28-83-21-18-46(76)63-38(23-33-12-14-35(71)15-13-33)49(79)66-39(22-32-8-4-3-5-9-32)50(80)64-36(16-17-43(54)73)42(72)24-34(25-44(55)74)47(77)67-40(27-84-29-62-31(2)70)52(82)68-20-7-11-41(68)51(81)65-37(10-6-19-59-53(57)58)48(78)60-26-45(56)75/h3-5,8-9,12-15,34,36-41,71H,6-7,10-11,16-29H2,1-2H3,(H2,54,73)(H2,55,74)(H2,56,75)(H,60,78)(H,61,69)(H,62,70)(H,63,76)(H,64,80)(H,65,81)(H,66,79)(H,67,77)(H4,57,58,59)/t34-,36-,37+,38-,39-,40-,41-/m0/s1. The van der Waals surface area contributed by atoms with Gasteiger partial charge in [-0.2, -0.15) is 0 Å². The van der Waals surface area contributed by atoms with E-state index in [9.17, 15) is 67.4 Å². The number of aliphatic imine (C=N–C) groups is 1. The highest BCUT2D eigenvalue weighted by Crippen LogP contribution is 2.22. The number of carbonyl (C=O) groups is 13. The van der Waals surface area contributed by atoms with E-state index in [2.05, 4.69) is 47.5 Å². The second kappa shape index (κ2) is 36.9. The predicted molar refractivity (Wildman–Crippen MR) is 311 cm³/mol. The summed E-state index contributed by atoms with van der Waals surface area (Å²) in [5, 5.41) is 30.6. The number of guanidine groups is 1. The van der Waals surface area contributed by atoms with Gasteiger partial charge in [0.1, 0.15) is 36.0 Å². The summed E-state index contributed by atoms with van der Waals surface area (Å²) < 4.78 is 0. The highest BCUT2D eigenvalue weighted by atomic mass is 32.2. The quantitative estimate of drug-likeness (QED) is 0.0132. The molecule has 460 valence electrons. The molecule has 1 saturated heterocycles. The highest BCUT2D eigenvalue weighted by Gasteiger charge is 2.40. The minimum atomic E-state index is -1.61. The molecular weight excluding hydrogens is 1130 g/mol. The molecule has 31 heteroatoms. The molecule has 19 N–H and O–H groups in total. The number of primary amides is 3. The number of nitrogens with two attached hydrogens (primary N) is 5. The SMILES string of the molecule is CC(=O)NCSCCC(=O)N[C@@H](Cc1ccc(O)cc1)C(=O)N[C@@H](Cc1ccccc1)C(=O)N[C@@H](CCC(N)=O)C(=O)C[C@@H](CC(N)=O)C(=O)N[C@@H](CSCNC(C)=O)C(=O)N1CCC[C@H]1C(=O)N[C@H](CCCN=C(N)N)C(=O)NCC(N)=O. The lowest BCUT2D eigenvalue weighted by Crippen LogP contribution is -2.58. The van der Waals surface area contributed by atoms with Gasteiger partial charge in [-0.3, -0.25) is 67.3 Å². The summed E-state index contributed by atoms with van der Waals surface area (Å²) in [6.45, 7) is 2.16. The molecule has 0 unspecified atom stereocenters. The van der Waals surface area contributed by atoms with Gasteiger partial charge in [-0.05, 0) is 55.4 Å². The Balaban J connectivity index is 1.94. The van der Waals surface area contributed by atoms with E-state index >= 15 is 0 Å². The maximum atomic E-state index is 14.5. The monoisotopic (exact) mass is 1210 g/mol. The first-order chi connectivity index (χ1) is 39.8. The maximum absolute atomic E-state index is 14.5. The number of nitrogens with zero attached hydrogens (tertiary/aromatic N) is 2. The third-order valence-electron chi connectivity index (χ3n) is 12.7. The fourth-order valence-corrected chi connectivity index (χ4v) is 10.1. The lowest BCUT2D eigenvalue weighted by Gasteiger charge is -2.30. The molecule has 0 spiro atoms. The van der Waals surface area contributed by atoms with E-state index in [0.29, 0.717) is 17.5 Å². The Labute approximate surface area is 493 Å². The summed E-state index contributed by atoms with van der Waals surface area (Å²) in [5.41, 5.74) is 28.2. The van der Waals surface area contributed by atoms with Crippen molar-refractivity contribution in [2.45, 2.75) is 121 Å². The molecule has 0 aliphatic carbocycles. The Morgan fingerprint density at radius 1 is 0.619 bits per heavy atom. The summed E-state index contributed by atoms with van der Waals surface area (Å²) in [6.07, 6.45) is -2.15. The second-order valence-corrected chi connectivity index (χ2v) is 21.7. The molecule has 7 atom stereocenters. The number of Topliss-reactive ketones (excluding diaryl/α,β-unsaturated/α-hetero) is 1. The fraction of sp³-hybridized carbons (Fsp3) is 0.509. The van der Waals surface area contributed by atoms with Gasteiger partial charge in [-0.1, -0.05) is 42.5 Å². The zero-order valence-corrected chi connectivity index (χ0v) is 48.5. The van der Waals surface area contributed by atoms with Crippen LogP contribution in [-0.4, -0.2) is 172 Å². The van der Waals surface area contributed by atoms with Gasteiger partial charge in [0, 0.05) is 77.0 Å². The number of thioether (sulfide) groups is 2. The van der Waals surface area contributed by atoms with Gasteiger partial charge >= 0.3 is 0 Å². The van der Waals surface area contributed by atoms with Crippen LogP contribution in [0, 0.1) is 5.92 Å². The summed E-state index contributed by atoms with van der Waals surface area (Å²) in [7, 11) is 0. The van der Waals surface area contributed by atoms with Crippen molar-refractivity contribution >= 4 is 106 Å². The summed E-state index contributed by atoms with van der Waals surface area (Å²) in [4.78, 5) is 177. The zero-order valence-electron chi connectivity index (χ0n) is 46.8. The number of nitrogens with one attached hydrogen (secondary N) is 8. The van der Waals surface area contributed by atoms with Crippen LogP contribution in [0.2, 0.25) is 0 Å². The van der Waals surface area contributed by atoms with E-state index in [0.717, 1.165) is 11.8 Å². The Morgan fingerprint density at radius 2 is 1.21 bits per heavy atom. The Morgan fingerprint density at radius 3 is 1.81 bits per heavy atom. The van der Waals surface area contributed by atoms with Crippen molar-refractivity contribution in [3.8, 4) is 5.75 Å². The molecule has 2 aromatic rings. The zero-order chi connectivity index (χ0) is 62.3. The molecule has 12 amide bonds. The number of phenols is 1. The largest absolute Gasteiger partial charge is 0.508 e. The average molecular weight is 1210 g/mol. The van der Waals surface area contributed by atoms with Crippen LogP contribution in [0.5, 0.6) is 5.75 Å². The minimum absolute atomic E-state index is 0.000869. The van der Waals surface area contributed by atoms with Crippen molar-refractivity contribution in [2.75, 3.05) is 42.9 Å². The lowest BCUT2D eigenvalue weighted by molar-refractivity contribution is -0.142. The molecule has 1 aliphatic heterocycles. The number of phenolic OH excluding ortho intramolecular Hbond substituents is 1. The van der Waals surface area contributed by atoms with E-state index in [-0.39, 0.29) is 92.5 Å². The van der Waals surface area contributed by atoms with Crippen molar-refractivity contribution in [3.05, 3.63) is 65.7 Å². The lowest BCUT2D eigenvalue weighted by atomic mass is 9.92. The number of hydrogen-bond donors (Lipinski definition) is 14. The van der Waals surface area contributed by atoms with Crippen LogP contribution < -0.4 is 71.2 Å². The highest BCUT2D eigenvalue weighted by molar-refractivity contribution is 7.99. The van der Waals surface area contributed by atoms with Gasteiger partial charge in [0.05, 0.1) is 30.3 Å². The fourth-order valence-electron chi connectivity index (χ4n) is 8.46. The molecular formula is C53H77N15O14S2. The van der Waals surface area contributed by atoms with E-state index in [1.54, 1.807) is 30.3 Å². The molecule has 1 fully saturated rings. The van der Waals surface area contributed by atoms with E-state index in [1.807, 2.05) is 0 Å². The summed E-state index contributed by atoms with van der Waals surface area (Å²) in [5.74, 6) is -11.6. The molecule has 3 rings (SSSR count). The van der Waals surface area contributed by atoms with Crippen LogP contribution in [0.4, 0.5) is 0 Å². The van der Waals surface area contributed by atoms with E-state index in [1.165, 1.54) is 54.8 Å². The molecule has 29 nitrogen and oxygen atoms in total. The minimum Gasteiger partial charge on any atom is -0.508 e. The van der Waals surface area contributed by atoms with Crippen molar-refractivity contribution in [3.63, 3.8) is 0 Å². The van der Waals surface area contributed by atoms with Crippen molar-refractivity contribution in [1.82, 2.24) is 47.4 Å². The number of amides is 12. The van der Waals surface area contributed by atoms with E-state index in [4.69, 9.17) is 28.7 Å². The topological polar surface area (TPSA) is 484 Å². The number of carbonyl (C=O) groups excluding carboxylic acids is 13. The number of benzene rings is 2. The number of ketones is 1. The third kappa shape index (κ3) is 27.1. The maximum Gasteiger partial charge on any atom is 0.246 e. The first kappa shape index (κ1) is 69.8. The molecule has 2 aromatic carbocycles. The Kier molecular flexibility index (Phi) is 30.6. The van der Waals surface area contributed by atoms with Gasteiger partial charge in [0.2, 0.25) is 70.9 Å². The van der Waals surface area contributed by atoms with Crippen LogP contribution in [-0.2, 0) is 75.2 Å². The van der Waals surface area contributed by atoms with Gasteiger partial charge in [0.15, 0.2) is 11.7 Å². The Hall–Kier alpha value is -8.48. The number of rotatable bonds is 38. The summed E-state index contributed by atoms with van der Waals surface area (Å²) in [6, 6.07) is 6.05. The molecule has 0 radical (unpaired) electrons. The van der Waals surface area contributed by atoms with Gasteiger partial charge in [-0.15, -0.1) is 23.5 Å². The molecule has 1 aliphatic rings. The normalized spacial score (nSPS) is 14.7. The smallest absolute Gasteiger partial charge is 0.246 e. The van der Waals surface area contributed by atoms with Crippen molar-refractivity contribution < 1.29 is 67.4 Å².